The van der Waals surface area contributed by atoms with E-state index in [9.17, 15) is 27.2 Å². The van der Waals surface area contributed by atoms with E-state index in [4.69, 9.17) is 0 Å². The van der Waals surface area contributed by atoms with Gasteiger partial charge in [0.15, 0.2) is 0 Å². The summed E-state index contributed by atoms with van der Waals surface area (Å²) < 4.78 is 52.0. The van der Waals surface area contributed by atoms with Crippen molar-refractivity contribution in [2.24, 2.45) is 0 Å². The molecule has 0 aromatic heterocycles. The van der Waals surface area contributed by atoms with Crippen LogP contribution in [0.1, 0.15) is 23.6 Å². The van der Waals surface area contributed by atoms with E-state index in [1.807, 2.05) is 6.92 Å². The Balaban J connectivity index is 1.94. The Morgan fingerprint density at radius 1 is 1.00 bits per heavy atom. The molecule has 146 valence electrons. The minimum atomic E-state index is -4.52. The summed E-state index contributed by atoms with van der Waals surface area (Å²) in [5.41, 5.74) is -0.122. The molecule has 3 nitrogen and oxygen atoms in total. The fourth-order valence-corrected chi connectivity index (χ4v) is 3.75. The highest BCUT2D eigenvalue weighted by molar-refractivity contribution is 8.04. The lowest BCUT2D eigenvalue weighted by atomic mass is 10.1. The van der Waals surface area contributed by atoms with E-state index in [1.165, 1.54) is 48.2 Å². The van der Waals surface area contributed by atoms with Crippen molar-refractivity contribution in [2.75, 3.05) is 5.75 Å². The summed E-state index contributed by atoms with van der Waals surface area (Å²) in [5.74, 6) is -1.12. The lowest BCUT2D eigenvalue weighted by Gasteiger charge is -2.16. The zero-order valence-electron chi connectivity index (χ0n) is 14.7. The number of halogens is 4. The first-order chi connectivity index (χ1) is 13.2. The van der Waals surface area contributed by atoms with Gasteiger partial charge in [-0.25, -0.2) is 4.39 Å². The van der Waals surface area contributed by atoms with Crippen molar-refractivity contribution in [3.05, 3.63) is 75.9 Å². The molecule has 0 saturated carbocycles. The molecule has 0 saturated heterocycles. The van der Waals surface area contributed by atoms with Gasteiger partial charge in [0, 0.05) is 0 Å². The van der Waals surface area contributed by atoms with Crippen LogP contribution >= 0.6 is 11.8 Å². The number of benzene rings is 2. The van der Waals surface area contributed by atoms with E-state index >= 15 is 0 Å². The van der Waals surface area contributed by atoms with Gasteiger partial charge >= 0.3 is 6.18 Å². The maximum Gasteiger partial charge on any atom is 0.416 e. The maximum absolute atomic E-state index is 13.2. The van der Waals surface area contributed by atoms with Gasteiger partial charge in [-0.3, -0.25) is 14.5 Å². The third-order valence-corrected chi connectivity index (χ3v) is 5.10. The van der Waals surface area contributed by atoms with Crippen LogP contribution in [0, 0.1) is 5.82 Å². The molecule has 2 aromatic carbocycles. The minimum Gasteiger partial charge on any atom is -0.269 e. The lowest BCUT2D eigenvalue weighted by Crippen LogP contribution is -2.31. The summed E-state index contributed by atoms with van der Waals surface area (Å²) in [4.78, 5) is 26.8. The number of hydrogen-bond acceptors (Lipinski definition) is 3. The predicted molar refractivity (Wildman–Crippen MR) is 98.5 cm³/mol. The molecular weight excluding hydrogens is 394 g/mol. The fourth-order valence-electron chi connectivity index (χ4n) is 2.88. The maximum atomic E-state index is 13.2. The number of nitrogens with zero attached hydrogens (tertiary/aromatic N) is 1. The summed E-state index contributed by atoms with van der Waals surface area (Å²) in [6.07, 6.45) is -4.52. The smallest absolute Gasteiger partial charge is 0.269 e. The van der Waals surface area contributed by atoms with Gasteiger partial charge in [-0.05, 0) is 41.1 Å². The van der Waals surface area contributed by atoms with Crippen LogP contribution in [0.3, 0.4) is 0 Å². The second kappa shape index (κ2) is 7.79. The second-order valence-electron chi connectivity index (χ2n) is 6.04. The number of carbonyl (C=O) groups is 2. The van der Waals surface area contributed by atoms with Crippen LogP contribution in [0.4, 0.5) is 17.6 Å². The zero-order chi connectivity index (χ0) is 20.5. The van der Waals surface area contributed by atoms with E-state index < -0.39 is 29.4 Å². The fraction of sp³-hybridized carbons (Fsp3) is 0.200. The predicted octanol–water partition coefficient (Wildman–Crippen LogP) is 4.88. The SMILES string of the molecule is CCSC1=C(c2ccc(F)cc2)C(=O)N(Cc2cccc(C(F)(F)F)c2)C1=O. The van der Waals surface area contributed by atoms with Gasteiger partial charge in [0.05, 0.1) is 22.6 Å². The Kier molecular flexibility index (Phi) is 5.60. The number of imide groups is 1. The van der Waals surface area contributed by atoms with Gasteiger partial charge in [-0.15, -0.1) is 11.8 Å². The lowest BCUT2D eigenvalue weighted by molar-refractivity contribution is -0.137. The van der Waals surface area contributed by atoms with Crippen LogP contribution < -0.4 is 0 Å². The number of hydrogen-bond donors (Lipinski definition) is 0. The molecule has 28 heavy (non-hydrogen) atoms. The van der Waals surface area contributed by atoms with Crippen molar-refractivity contribution in [1.82, 2.24) is 4.90 Å². The van der Waals surface area contributed by atoms with Gasteiger partial charge in [-0.2, -0.15) is 13.2 Å². The molecule has 1 heterocycles. The van der Waals surface area contributed by atoms with Gasteiger partial charge < -0.3 is 0 Å². The Bertz CT molecular complexity index is 951. The van der Waals surface area contributed by atoms with E-state index in [0.29, 0.717) is 11.3 Å². The van der Waals surface area contributed by atoms with Gasteiger partial charge in [-0.1, -0.05) is 31.2 Å². The third kappa shape index (κ3) is 3.96. The molecule has 0 radical (unpaired) electrons. The topological polar surface area (TPSA) is 37.4 Å². The van der Waals surface area contributed by atoms with Crippen molar-refractivity contribution in [3.63, 3.8) is 0 Å². The van der Waals surface area contributed by atoms with Gasteiger partial charge in [0.2, 0.25) is 0 Å². The molecule has 0 fully saturated rings. The first-order valence-electron chi connectivity index (χ1n) is 8.37. The minimum absolute atomic E-state index is 0.142. The molecule has 1 aliphatic rings. The molecule has 0 unspecified atom stereocenters. The van der Waals surface area contributed by atoms with Crippen LogP contribution in [0.15, 0.2) is 53.4 Å². The van der Waals surface area contributed by atoms with Crippen molar-refractivity contribution >= 4 is 29.1 Å². The van der Waals surface area contributed by atoms with Crippen molar-refractivity contribution in [3.8, 4) is 0 Å². The summed E-state index contributed by atoms with van der Waals surface area (Å²) >= 11 is 1.17. The quantitative estimate of drug-likeness (QED) is 0.522. The van der Waals surface area contributed by atoms with Crippen molar-refractivity contribution < 1.29 is 27.2 Å². The van der Waals surface area contributed by atoms with Crippen LogP contribution in [0.25, 0.3) is 5.57 Å². The summed E-state index contributed by atoms with van der Waals surface area (Å²) in [6.45, 7) is 1.53. The highest BCUT2D eigenvalue weighted by Gasteiger charge is 2.39. The number of alkyl halides is 3. The van der Waals surface area contributed by atoms with Crippen molar-refractivity contribution in [1.29, 1.82) is 0 Å². The molecule has 0 atom stereocenters. The molecule has 2 amide bonds. The number of carbonyl (C=O) groups excluding carboxylic acids is 2. The summed E-state index contributed by atoms with van der Waals surface area (Å²) in [7, 11) is 0. The molecule has 8 heteroatoms. The Hall–Kier alpha value is -2.61. The highest BCUT2D eigenvalue weighted by Crippen LogP contribution is 2.37. The number of thioether (sulfide) groups is 1. The molecule has 0 N–H and O–H groups in total. The molecule has 3 rings (SSSR count). The van der Waals surface area contributed by atoms with Crippen LogP contribution in [-0.4, -0.2) is 22.5 Å². The first kappa shape index (κ1) is 20.1. The standard InChI is InChI=1S/C20H15F4NO2S/c1-2-28-17-16(13-6-8-15(21)9-7-13)18(26)25(19(17)27)11-12-4-3-5-14(10-12)20(22,23)24/h3-10H,2,11H2,1H3. The molecule has 1 aliphatic heterocycles. The third-order valence-electron chi connectivity index (χ3n) is 4.14. The first-order valence-corrected chi connectivity index (χ1v) is 9.36. The molecule has 0 bridgehead atoms. The van der Waals surface area contributed by atoms with Gasteiger partial charge in [0.25, 0.3) is 11.8 Å². The van der Waals surface area contributed by atoms with Gasteiger partial charge in [0.1, 0.15) is 5.82 Å². The second-order valence-corrected chi connectivity index (χ2v) is 7.31. The number of amides is 2. The molecule has 0 aliphatic carbocycles. The molecule has 0 spiro atoms. The van der Waals surface area contributed by atoms with Crippen LogP contribution in [0.2, 0.25) is 0 Å². The molecule has 2 aromatic rings. The van der Waals surface area contributed by atoms with E-state index in [1.54, 1.807) is 0 Å². The van der Waals surface area contributed by atoms with E-state index in [-0.39, 0.29) is 22.6 Å². The van der Waals surface area contributed by atoms with Crippen LogP contribution in [-0.2, 0) is 22.3 Å². The zero-order valence-corrected chi connectivity index (χ0v) is 15.5. The van der Waals surface area contributed by atoms with E-state index in [2.05, 4.69) is 0 Å². The Labute approximate surface area is 163 Å². The Morgan fingerprint density at radius 2 is 1.68 bits per heavy atom. The summed E-state index contributed by atoms with van der Waals surface area (Å²) in [6, 6.07) is 9.69. The monoisotopic (exact) mass is 409 g/mol. The van der Waals surface area contributed by atoms with Crippen LogP contribution in [0.5, 0.6) is 0 Å². The van der Waals surface area contributed by atoms with E-state index in [0.717, 1.165) is 17.0 Å². The summed E-state index contributed by atoms with van der Waals surface area (Å²) in [5, 5.41) is 0. The average Bonchev–Trinajstić information content (AvgIpc) is 2.87. The average molecular weight is 409 g/mol. The van der Waals surface area contributed by atoms with Crippen molar-refractivity contribution in [2.45, 2.75) is 19.6 Å². The number of rotatable bonds is 5. The normalized spacial score (nSPS) is 15.0. The molecular formula is C20H15F4NO2S. The largest absolute Gasteiger partial charge is 0.416 e. The highest BCUT2D eigenvalue weighted by atomic mass is 32.2. The Morgan fingerprint density at radius 3 is 2.29 bits per heavy atom.